The largest absolute Gasteiger partial charge is 0.396 e. The van der Waals surface area contributed by atoms with Gasteiger partial charge in [-0.3, -0.25) is 9.59 Å². The van der Waals surface area contributed by atoms with Crippen LogP contribution in [0.25, 0.3) is 0 Å². The van der Waals surface area contributed by atoms with Crippen molar-refractivity contribution in [2.45, 2.75) is 6.92 Å². The summed E-state index contributed by atoms with van der Waals surface area (Å²) < 4.78 is 23.4. The SMILES string of the molecule is CC(CO)C(=O)Nc1sccc1C(=O)N=S(=O)=O. The lowest BCUT2D eigenvalue weighted by Gasteiger charge is -2.08. The number of carbonyl (C=O) groups excluding carboxylic acids is 2. The van der Waals surface area contributed by atoms with E-state index in [4.69, 9.17) is 5.11 Å². The molecule has 0 aliphatic rings. The Morgan fingerprint density at radius 3 is 2.78 bits per heavy atom. The molecule has 0 saturated carbocycles. The number of rotatable bonds is 4. The minimum Gasteiger partial charge on any atom is -0.396 e. The Kier molecular flexibility index (Phi) is 5.13. The smallest absolute Gasteiger partial charge is 0.319 e. The first-order valence-corrected chi connectivity index (χ1v) is 6.71. The van der Waals surface area contributed by atoms with Gasteiger partial charge < -0.3 is 10.4 Å². The summed E-state index contributed by atoms with van der Waals surface area (Å²) in [5.74, 6) is -2.03. The summed E-state index contributed by atoms with van der Waals surface area (Å²) >= 11 is 1.07. The van der Waals surface area contributed by atoms with E-state index in [1.165, 1.54) is 18.4 Å². The van der Waals surface area contributed by atoms with Gasteiger partial charge in [-0.25, -0.2) is 0 Å². The second-order valence-corrected chi connectivity index (χ2v) is 4.88. The van der Waals surface area contributed by atoms with Gasteiger partial charge in [0.1, 0.15) is 5.00 Å². The van der Waals surface area contributed by atoms with Crippen LogP contribution in [0.5, 0.6) is 0 Å². The first-order valence-electron chi connectivity index (χ1n) is 4.80. The van der Waals surface area contributed by atoms with Gasteiger partial charge in [-0.2, -0.15) is 8.42 Å². The fourth-order valence-electron chi connectivity index (χ4n) is 1.01. The van der Waals surface area contributed by atoms with Gasteiger partial charge in [0.15, 0.2) is 0 Å². The Bertz CT molecular complexity index is 582. The van der Waals surface area contributed by atoms with Crippen molar-refractivity contribution in [3.8, 4) is 0 Å². The maximum atomic E-state index is 11.5. The van der Waals surface area contributed by atoms with Gasteiger partial charge in [0.25, 0.3) is 5.91 Å². The molecule has 1 aromatic rings. The third-order valence-corrected chi connectivity index (χ3v) is 3.16. The summed E-state index contributed by atoms with van der Waals surface area (Å²) in [5, 5.41) is 13.0. The molecule has 0 aliphatic carbocycles. The molecule has 0 aromatic carbocycles. The number of carbonyl (C=O) groups is 2. The molecule has 1 rings (SSSR count). The van der Waals surface area contributed by atoms with Crippen molar-refractivity contribution in [1.82, 2.24) is 0 Å². The second-order valence-electron chi connectivity index (χ2n) is 3.35. The molecule has 18 heavy (non-hydrogen) atoms. The number of aliphatic hydroxyl groups excluding tert-OH is 1. The third kappa shape index (κ3) is 3.72. The van der Waals surface area contributed by atoms with E-state index in [0.29, 0.717) is 0 Å². The van der Waals surface area contributed by atoms with Crippen molar-refractivity contribution >= 4 is 38.7 Å². The number of hydrogen-bond acceptors (Lipinski definition) is 6. The van der Waals surface area contributed by atoms with Gasteiger partial charge >= 0.3 is 10.5 Å². The van der Waals surface area contributed by atoms with Crippen LogP contribution in [0.1, 0.15) is 17.3 Å². The molecule has 7 nitrogen and oxygen atoms in total. The predicted molar refractivity (Wildman–Crippen MR) is 64.9 cm³/mol. The molecule has 1 unspecified atom stereocenters. The van der Waals surface area contributed by atoms with Crippen LogP contribution in [0.4, 0.5) is 5.00 Å². The number of thiophene rings is 1. The summed E-state index contributed by atoms with van der Waals surface area (Å²) in [6, 6.07) is 1.36. The van der Waals surface area contributed by atoms with Crippen LogP contribution >= 0.6 is 11.3 Å². The van der Waals surface area contributed by atoms with Crippen LogP contribution in [0, 0.1) is 5.92 Å². The van der Waals surface area contributed by atoms with Gasteiger partial charge in [-0.1, -0.05) is 11.3 Å². The van der Waals surface area contributed by atoms with Crippen LogP contribution in [0.3, 0.4) is 0 Å². The molecule has 98 valence electrons. The standard InChI is InChI=1S/C9H10N2O5S2/c1-5(4-12)7(13)10-9-6(2-3-17-9)8(14)11-18(15)16/h2-3,5,12H,4H2,1H3,(H,10,13). The maximum Gasteiger partial charge on any atom is 0.319 e. The molecule has 9 heteroatoms. The van der Waals surface area contributed by atoms with Gasteiger partial charge in [-0.15, -0.1) is 11.3 Å². The third-order valence-electron chi connectivity index (χ3n) is 2.01. The first kappa shape index (κ1) is 14.5. The zero-order valence-corrected chi connectivity index (χ0v) is 10.9. The van der Waals surface area contributed by atoms with E-state index in [-0.39, 0.29) is 17.2 Å². The first-order chi connectivity index (χ1) is 8.45. The highest BCUT2D eigenvalue weighted by Gasteiger charge is 2.17. The topological polar surface area (TPSA) is 113 Å². The Morgan fingerprint density at radius 1 is 1.56 bits per heavy atom. The van der Waals surface area contributed by atoms with E-state index in [0.717, 1.165) is 11.3 Å². The Labute approximate surface area is 108 Å². The van der Waals surface area contributed by atoms with Crippen molar-refractivity contribution in [2.24, 2.45) is 10.3 Å². The van der Waals surface area contributed by atoms with E-state index >= 15 is 0 Å². The molecule has 0 radical (unpaired) electrons. The average molecular weight is 290 g/mol. The molecule has 1 heterocycles. The fraction of sp³-hybridized carbons (Fsp3) is 0.333. The quantitative estimate of drug-likeness (QED) is 0.839. The lowest BCUT2D eigenvalue weighted by atomic mass is 10.2. The lowest BCUT2D eigenvalue weighted by molar-refractivity contribution is -0.120. The average Bonchev–Trinajstić information content (AvgIpc) is 2.75. The van der Waals surface area contributed by atoms with Crippen LogP contribution < -0.4 is 5.32 Å². The Balaban J connectivity index is 2.93. The van der Waals surface area contributed by atoms with Gasteiger partial charge in [0.05, 0.1) is 18.1 Å². The zero-order chi connectivity index (χ0) is 13.7. The number of anilines is 1. The van der Waals surface area contributed by atoms with Gasteiger partial charge in [0, 0.05) is 0 Å². The number of hydrogen-bond donors (Lipinski definition) is 2. The molecular weight excluding hydrogens is 280 g/mol. The normalized spacial score (nSPS) is 11.7. The van der Waals surface area contributed by atoms with Crippen molar-refractivity contribution in [2.75, 3.05) is 11.9 Å². The summed E-state index contributed by atoms with van der Waals surface area (Å²) in [4.78, 5) is 22.9. The maximum absolute atomic E-state index is 11.5. The molecule has 0 bridgehead atoms. The molecular formula is C9H10N2O5S2. The highest BCUT2D eigenvalue weighted by Crippen LogP contribution is 2.24. The summed E-state index contributed by atoms with van der Waals surface area (Å²) in [5.41, 5.74) is 0.00249. The Hall–Kier alpha value is -1.58. The molecule has 0 spiro atoms. The molecule has 1 atom stereocenters. The van der Waals surface area contributed by atoms with Gasteiger partial charge in [0.2, 0.25) is 5.91 Å². The zero-order valence-electron chi connectivity index (χ0n) is 9.28. The summed E-state index contributed by atoms with van der Waals surface area (Å²) in [6.07, 6.45) is 0. The van der Waals surface area contributed by atoms with E-state index in [1.54, 1.807) is 0 Å². The number of nitrogens with zero attached hydrogens (tertiary/aromatic N) is 1. The van der Waals surface area contributed by atoms with Gasteiger partial charge in [-0.05, 0) is 11.4 Å². The predicted octanol–water partition coefficient (Wildman–Crippen LogP) is 0.518. The Morgan fingerprint density at radius 2 is 2.22 bits per heavy atom. The van der Waals surface area contributed by atoms with E-state index in [9.17, 15) is 18.0 Å². The number of aliphatic hydroxyl groups is 1. The molecule has 2 N–H and O–H groups in total. The molecule has 0 saturated heterocycles. The number of amides is 2. The van der Waals surface area contributed by atoms with E-state index < -0.39 is 28.2 Å². The van der Waals surface area contributed by atoms with E-state index in [1.807, 2.05) is 0 Å². The molecule has 0 aliphatic heterocycles. The van der Waals surface area contributed by atoms with Crippen LogP contribution in [-0.4, -0.2) is 31.9 Å². The monoisotopic (exact) mass is 290 g/mol. The minimum absolute atomic E-state index is 0.00249. The van der Waals surface area contributed by atoms with E-state index in [2.05, 4.69) is 9.68 Å². The van der Waals surface area contributed by atoms with Crippen molar-refractivity contribution in [1.29, 1.82) is 0 Å². The highest BCUT2D eigenvalue weighted by molar-refractivity contribution is 7.62. The van der Waals surface area contributed by atoms with Crippen molar-refractivity contribution < 1.29 is 23.1 Å². The highest BCUT2D eigenvalue weighted by atomic mass is 32.2. The molecule has 1 aromatic heterocycles. The fourth-order valence-corrected chi connectivity index (χ4v) is 2.03. The summed E-state index contributed by atoms with van der Waals surface area (Å²) in [6.45, 7) is 1.19. The minimum atomic E-state index is -2.83. The van der Waals surface area contributed by atoms with Crippen LogP contribution in [0.15, 0.2) is 15.8 Å². The molecule has 2 amide bonds. The summed E-state index contributed by atoms with van der Waals surface area (Å²) in [7, 11) is -2.83. The lowest BCUT2D eigenvalue weighted by Crippen LogP contribution is -2.23. The second kappa shape index (κ2) is 6.38. The van der Waals surface area contributed by atoms with Crippen molar-refractivity contribution in [3.63, 3.8) is 0 Å². The number of nitrogens with one attached hydrogen (secondary N) is 1. The van der Waals surface area contributed by atoms with Crippen LogP contribution in [0.2, 0.25) is 0 Å². The molecule has 0 fully saturated rings. The van der Waals surface area contributed by atoms with Crippen molar-refractivity contribution in [3.05, 3.63) is 17.0 Å². The van der Waals surface area contributed by atoms with Crippen LogP contribution in [-0.2, 0) is 15.3 Å².